The van der Waals surface area contributed by atoms with Gasteiger partial charge in [-0.05, 0) is 37.2 Å². The Balaban J connectivity index is 1.42. The Morgan fingerprint density at radius 2 is 1.89 bits per heavy atom. The van der Waals surface area contributed by atoms with Gasteiger partial charge in [-0.3, -0.25) is 4.99 Å². The lowest BCUT2D eigenvalue weighted by molar-refractivity contribution is 0.244. The second-order valence-corrected chi connectivity index (χ2v) is 9.74. The molecule has 0 spiro atoms. The fourth-order valence-corrected chi connectivity index (χ4v) is 4.76. The average Bonchev–Trinajstić information content (AvgIpc) is 2.58. The minimum Gasteiger partial charge on any atom is -0.356 e. The van der Waals surface area contributed by atoms with Crippen LogP contribution in [-0.4, -0.2) is 46.8 Å². The van der Waals surface area contributed by atoms with E-state index in [1.54, 1.807) is 7.05 Å². The Hall–Kier alpha value is -1.60. The van der Waals surface area contributed by atoms with E-state index in [1.165, 1.54) is 31.2 Å². The fourth-order valence-electron chi connectivity index (χ4n) is 3.75. The number of guanidine groups is 1. The van der Waals surface area contributed by atoms with Crippen molar-refractivity contribution >= 4 is 16.0 Å². The molecule has 7 heteroatoms. The van der Waals surface area contributed by atoms with Crippen molar-refractivity contribution in [1.82, 2.24) is 15.4 Å². The summed E-state index contributed by atoms with van der Waals surface area (Å²) in [7, 11) is -1.51. The first-order valence-electron chi connectivity index (χ1n) is 10.0. The number of rotatable bonds is 9. The van der Waals surface area contributed by atoms with Gasteiger partial charge >= 0.3 is 0 Å². The summed E-state index contributed by atoms with van der Waals surface area (Å²) in [5.74, 6) is 1.25. The van der Waals surface area contributed by atoms with Crippen LogP contribution in [0.3, 0.4) is 0 Å². The van der Waals surface area contributed by atoms with Crippen LogP contribution in [0.25, 0.3) is 0 Å². The van der Waals surface area contributed by atoms with Gasteiger partial charge in [0, 0.05) is 32.1 Å². The zero-order valence-corrected chi connectivity index (χ0v) is 17.0. The quantitative estimate of drug-likeness (QED) is 0.443. The molecule has 1 aromatic rings. The third kappa shape index (κ3) is 5.45. The number of aliphatic imine (C=N–C) groups is 1. The molecule has 2 aliphatic rings. The van der Waals surface area contributed by atoms with E-state index < -0.39 is 10.0 Å². The van der Waals surface area contributed by atoms with Gasteiger partial charge in [0.1, 0.15) is 0 Å². The zero-order valence-electron chi connectivity index (χ0n) is 16.2. The molecule has 6 nitrogen and oxygen atoms in total. The van der Waals surface area contributed by atoms with Gasteiger partial charge in [0.2, 0.25) is 10.0 Å². The lowest BCUT2D eigenvalue weighted by Crippen LogP contribution is -2.49. The molecular weight excluding hydrogens is 360 g/mol. The largest absolute Gasteiger partial charge is 0.356 e. The Morgan fingerprint density at radius 1 is 1.15 bits per heavy atom. The molecule has 0 saturated heterocycles. The first kappa shape index (κ1) is 20.1. The first-order chi connectivity index (χ1) is 13.0. The van der Waals surface area contributed by atoms with Gasteiger partial charge in [0.15, 0.2) is 5.96 Å². The number of hydrogen-bond donors (Lipinski definition) is 3. The van der Waals surface area contributed by atoms with Crippen molar-refractivity contribution in [3.05, 3.63) is 35.9 Å². The molecule has 1 aromatic carbocycles. The van der Waals surface area contributed by atoms with E-state index in [-0.39, 0.29) is 11.2 Å². The molecule has 0 amide bonds. The van der Waals surface area contributed by atoms with Crippen LogP contribution in [0.1, 0.15) is 44.1 Å². The van der Waals surface area contributed by atoms with Crippen LogP contribution in [0.2, 0.25) is 0 Å². The lowest BCUT2D eigenvalue weighted by atomic mass is 9.64. The maximum absolute atomic E-state index is 12.1. The van der Waals surface area contributed by atoms with Gasteiger partial charge < -0.3 is 10.6 Å². The van der Waals surface area contributed by atoms with E-state index in [4.69, 9.17) is 0 Å². The van der Waals surface area contributed by atoms with E-state index in [1.807, 2.05) is 6.07 Å². The van der Waals surface area contributed by atoms with Crippen molar-refractivity contribution < 1.29 is 8.42 Å². The summed E-state index contributed by atoms with van der Waals surface area (Å²) in [6.45, 7) is 1.73. The summed E-state index contributed by atoms with van der Waals surface area (Å²) in [4.78, 5) is 4.24. The summed E-state index contributed by atoms with van der Waals surface area (Å²) in [5, 5.41) is 6.52. The summed E-state index contributed by atoms with van der Waals surface area (Å²) in [6.07, 6.45) is 7.08. The van der Waals surface area contributed by atoms with E-state index in [9.17, 15) is 8.42 Å². The minimum absolute atomic E-state index is 0.0598. The van der Waals surface area contributed by atoms with Gasteiger partial charge in [-0.1, -0.05) is 43.2 Å². The highest BCUT2D eigenvalue weighted by atomic mass is 32.2. The number of hydrogen-bond acceptors (Lipinski definition) is 3. The number of nitrogens with one attached hydrogen (secondary N) is 3. The van der Waals surface area contributed by atoms with Gasteiger partial charge in [-0.2, -0.15) is 0 Å². The van der Waals surface area contributed by atoms with Gasteiger partial charge in [0.25, 0.3) is 0 Å². The monoisotopic (exact) mass is 392 g/mol. The first-order valence-corrected chi connectivity index (χ1v) is 11.7. The fraction of sp³-hybridized carbons (Fsp3) is 0.650. The van der Waals surface area contributed by atoms with Crippen molar-refractivity contribution in [1.29, 1.82) is 0 Å². The third-order valence-electron chi connectivity index (χ3n) is 5.99. The molecular formula is C20H32N4O2S. The summed E-state index contributed by atoms with van der Waals surface area (Å²) in [5.41, 5.74) is 1.52. The second kappa shape index (κ2) is 9.06. The Bertz CT molecular complexity index is 726. The molecule has 0 heterocycles. The Kier molecular flexibility index (Phi) is 6.76. The van der Waals surface area contributed by atoms with E-state index in [0.717, 1.165) is 19.4 Å². The normalized spacial score (nSPS) is 19.8. The van der Waals surface area contributed by atoms with Crippen molar-refractivity contribution in [2.45, 2.75) is 43.9 Å². The van der Waals surface area contributed by atoms with Crippen LogP contribution in [0, 0.1) is 5.92 Å². The van der Waals surface area contributed by atoms with Crippen LogP contribution in [0.15, 0.2) is 35.3 Å². The molecule has 0 unspecified atom stereocenters. The molecule has 2 aliphatic carbocycles. The standard InChI is InChI=1S/C20H32N4O2S/c1-21-19(22-13-14-27(25,26)24-15-17-7-5-8-17)23-16-20(11-6-12-20)18-9-3-2-4-10-18/h2-4,9-10,17,24H,5-8,11-16H2,1H3,(H2,21,22,23). The molecule has 2 fully saturated rings. The summed E-state index contributed by atoms with van der Waals surface area (Å²) in [6, 6.07) is 10.6. The van der Waals surface area contributed by atoms with Crippen LogP contribution in [0.5, 0.6) is 0 Å². The SMILES string of the molecule is CN=C(NCCS(=O)(=O)NCC1CCC1)NCC1(c2ccccc2)CCC1. The van der Waals surface area contributed by atoms with Crippen molar-refractivity contribution in [3.8, 4) is 0 Å². The topological polar surface area (TPSA) is 82.6 Å². The lowest BCUT2D eigenvalue weighted by Gasteiger charge is -2.43. The molecule has 0 aliphatic heterocycles. The highest BCUT2D eigenvalue weighted by molar-refractivity contribution is 7.89. The minimum atomic E-state index is -3.23. The third-order valence-corrected chi connectivity index (χ3v) is 7.34. The summed E-state index contributed by atoms with van der Waals surface area (Å²) < 4.78 is 26.9. The molecule has 0 aromatic heterocycles. The molecule has 27 heavy (non-hydrogen) atoms. The van der Waals surface area contributed by atoms with E-state index in [2.05, 4.69) is 44.6 Å². The molecule has 150 valence electrons. The Morgan fingerprint density at radius 3 is 2.44 bits per heavy atom. The second-order valence-electron chi connectivity index (χ2n) is 7.82. The molecule has 0 bridgehead atoms. The van der Waals surface area contributed by atoms with Gasteiger partial charge in [-0.15, -0.1) is 0 Å². The molecule has 0 radical (unpaired) electrons. The molecule has 0 atom stereocenters. The molecule has 3 N–H and O–H groups in total. The smallest absolute Gasteiger partial charge is 0.213 e. The number of sulfonamides is 1. The maximum atomic E-state index is 12.1. The van der Waals surface area contributed by atoms with Gasteiger partial charge in [-0.25, -0.2) is 13.1 Å². The predicted molar refractivity (Wildman–Crippen MR) is 110 cm³/mol. The van der Waals surface area contributed by atoms with E-state index >= 15 is 0 Å². The van der Waals surface area contributed by atoms with Crippen molar-refractivity contribution in [2.75, 3.05) is 32.4 Å². The van der Waals surface area contributed by atoms with Crippen LogP contribution >= 0.6 is 0 Å². The highest BCUT2D eigenvalue weighted by Gasteiger charge is 2.38. The number of benzene rings is 1. The van der Waals surface area contributed by atoms with Gasteiger partial charge in [0.05, 0.1) is 5.75 Å². The van der Waals surface area contributed by atoms with Crippen molar-refractivity contribution in [3.63, 3.8) is 0 Å². The zero-order chi connectivity index (χ0) is 19.2. The van der Waals surface area contributed by atoms with Crippen LogP contribution in [-0.2, 0) is 15.4 Å². The van der Waals surface area contributed by atoms with Crippen LogP contribution in [0.4, 0.5) is 0 Å². The summed E-state index contributed by atoms with van der Waals surface area (Å²) >= 11 is 0. The predicted octanol–water partition coefficient (Wildman–Crippen LogP) is 1.99. The van der Waals surface area contributed by atoms with Crippen LogP contribution < -0.4 is 15.4 Å². The Labute approximate surface area is 163 Å². The highest BCUT2D eigenvalue weighted by Crippen LogP contribution is 2.43. The maximum Gasteiger partial charge on any atom is 0.213 e. The number of nitrogens with zero attached hydrogens (tertiary/aromatic N) is 1. The van der Waals surface area contributed by atoms with E-state index in [0.29, 0.717) is 25.0 Å². The molecule has 2 saturated carbocycles. The van der Waals surface area contributed by atoms with Crippen molar-refractivity contribution in [2.24, 2.45) is 10.9 Å². The molecule has 3 rings (SSSR count). The average molecular weight is 393 g/mol.